The molecule has 0 bridgehead atoms. The molecule has 2 aliphatic carbocycles. The van der Waals surface area contributed by atoms with Gasteiger partial charge in [-0.3, -0.25) is 9.59 Å². The molecule has 0 radical (unpaired) electrons. The minimum Gasteiger partial charge on any atom is -0.466 e. The Morgan fingerprint density at radius 1 is 1.36 bits per heavy atom. The van der Waals surface area contributed by atoms with E-state index < -0.39 is 0 Å². The predicted octanol–water partition coefficient (Wildman–Crippen LogP) is 2.30. The van der Waals surface area contributed by atoms with Gasteiger partial charge in [0.25, 0.3) is 0 Å². The molecule has 5 heteroatoms. The summed E-state index contributed by atoms with van der Waals surface area (Å²) in [5.74, 6) is 0.214. The molecule has 6 atom stereocenters. The highest BCUT2D eigenvalue weighted by Crippen LogP contribution is 2.54. The lowest BCUT2D eigenvalue weighted by molar-refractivity contribution is -0.910. The number of carbonyl (C=O) groups is 2. The SMILES string of the molecule is CCOC(=O)[C@H]1CCC[NH+](C[C@H]2C(=O)O[C@@H]3C[C@@]4(C)CCCC(C)=C4C[C@@H]32)C1. The first-order valence-corrected chi connectivity index (χ1v) is 11.3. The molecule has 1 N–H and O–H groups in total. The van der Waals surface area contributed by atoms with Gasteiger partial charge in [0.15, 0.2) is 0 Å². The zero-order chi connectivity index (χ0) is 19.9. The topological polar surface area (TPSA) is 57.0 Å². The van der Waals surface area contributed by atoms with Crippen LogP contribution in [0, 0.1) is 23.2 Å². The molecule has 2 saturated heterocycles. The summed E-state index contributed by atoms with van der Waals surface area (Å²) in [6.07, 6.45) is 7.73. The first-order chi connectivity index (χ1) is 13.4. The van der Waals surface area contributed by atoms with Gasteiger partial charge in [-0.2, -0.15) is 0 Å². The van der Waals surface area contributed by atoms with Gasteiger partial charge in [0.1, 0.15) is 17.9 Å². The molecule has 1 saturated carbocycles. The van der Waals surface area contributed by atoms with Crippen LogP contribution < -0.4 is 4.90 Å². The summed E-state index contributed by atoms with van der Waals surface area (Å²) >= 11 is 0. The molecule has 2 heterocycles. The van der Waals surface area contributed by atoms with Crippen molar-refractivity contribution in [2.24, 2.45) is 23.2 Å². The second-order valence-electron chi connectivity index (χ2n) is 9.83. The van der Waals surface area contributed by atoms with Gasteiger partial charge < -0.3 is 14.4 Å². The minimum absolute atomic E-state index is 0.00116. The van der Waals surface area contributed by atoms with Crippen LogP contribution in [-0.2, 0) is 19.1 Å². The molecule has 0 amide bonds. The first-order valence-electron chi connectivity index (χ1n) is 11.3. The van der Waals surface area contributed by atoms with Gasteiger partial charge in [-0.15, -0.1) is 0 Å². The van der Waals surface area contributed by atoms with E-state index in [0.717, 1.165) is 45.3 Å². The molecule has 0 aromatic carbocycles. The third-order valence-electron chi connectivity index (χ3n) is 7.93. The van der Waals surface area contributed by atoms with E-state index in [0.29, 0.717) is 12.5 Å². The summed E-state index contributed by atoms with van der Waals surface area (Å²) in [6.45, 7) is 9.60. The largest absolute Gasteiger partial charge is 0.466 e. The summed E-state index contributed by atoms with van der Waals surface area (Å²) in [4.78, 5) is 26.3. The van der Waals surface area contributed by atoms with Gasteiger partial charge in [-0.25, -0.2) is 0 Å². The highest BCUT2D eigenvalue weighted by Gasteiger charge is 2.54. The smallest absolute Gasteiger partial charge is 0.315 e. The van der Waals surface area contributed by atoms with E-state index in [1.807, 2.05) is 6.92 Å². The van der Waals surface area contributed by atoms with Crippen LogP contribution in [0.2, 0.25) is 0 Å². The van der Waals surface area contributed by atoms with Gasteiger partial charge in [0.05, 0.1) is 26.2 Å². The molecule has 0 aromatic rings. The Morgan fingerprint density at radius 2 is 2.18 bits per heavy atom. The van der Waals surface area contributed by atoms with E-state index in [2.05, 4.69) is 13.8 Å². The van der Waals surface area contributed by atoms with Crippen molar-refractivity contribution < 1.29 is 24.0 Å². The molecule has 2 aliphatic heterocycles. The Balaban J connectivity index is 1.45. The zero-order valence-electron chi connectivity index (χ0n) is 17.7. The fraction of sp³-hybridized carbons (Fsp3) is 0.826. The molecule has 1 unspecified atom stereocenters. The highest BCUT2D eigenvalue weighted by atomic mass is 16.6. The molecule has 156 valence electrons. The van der Waals surface area contributed by atoms with Gasteiger partial charge >= 0.3 is 11.9 Å². The number of nitrogens with one attached hydrogen (secondary N) is 1. The third-order valence-corrected chi connectivity index (χ3v) is 7.93. The normalized spacial score (nSPS) is 40.5. The highest BCUT2D eigenvalue weighted by molar-refractivity contribution is 5.76. The predicted molar refractivity (Wildman–Crippen MR) is 106 cm³/mol. The minimum atomic E-state index is -0.0667. The Bertz CT molecular complexity index is 672. The number of rotatable bonds is 4. The van der Waals surface area contributed by atoms with E-state index in [1.54, 1.807) is 11.1 Å². The van der Waals surface area contributed by atoms with Gasteiger partial charge in [0.2, 0.25) is 0 Å². The Morgan fingerprint density at radius 3 is 2.96 bits per heavy atom. The zero-order valence-corrected chi connectivity index (χ0v) is 17.7. The number of allylic oxidation sites excluding steroid dienone is 2. The standard InChI is InChI=1S/C23H35NO4/c1-4-27-21(25)16-8-6-10-24(13-16)14-18-17-11-19-15(2)7-5-9-23(19,3)12-20(17)28-22(18)26/h16-18,20H,4-14H2,1-3H3/p+1/t16-,17+,18+,20+,23+/m0/s1. The quantitative estimate of drug-likeness (QED) is 0.591. The Kier molecular flexibility index (Phi) is 5.56. The Hall–Kier alpha value is -1.36. The van der Waals surface area contributed by atoms with E-state index in [9.17, 15) is 9.59 Å². The van der Waals surface area contributed by atoms with Crippen molar-refractivity contribution >= 4 is 11.9 Å². The molecule has 0 aromatic heterocycles. The van der Waals surface area contributed by atoms with Crippen LogP contribution >= 0.6 is 0 Å². The number of hydrogen-bond donors (Lipinski definition) is 1. The summed E-state index contributed by atoms with van der Waals surface area (Å²) in [5, 5.41) is 0. The van der Waals surface area contributed by atoms with Crippen LogP contribution in [0.1, 0.15) is 65.7 Å². The lowest BCUT2D eigenvalue weighted by Gasteiger charge is -2.45. The maximum Gasteiger partial charge on any atom is 0.315 e. The van der Waals surface area contributed by atoms with E-state index in [1.165, 1.54) is 24.2 Å². The maximum atomic E-state index is 12.8. The average molecular weight is 391 g/mol. The molecule has 5 nitrogen and oxygen atoms in total. The number of carbonyl (C=O) groups excluding carboxylic acids is 2. The van der Waals surface area contributed by atoms with Crippen molar-refractivity contribution in [3.63, 3.8) is 0 Å². The number of piperidine rings is 1. The third kappa shape index (κ3) is 3.62. The second kappa shape index (κ2) is 7.81. The summed E-state index contributed by atoms with van der Waals surface area (Å²) < 4.78 is 11.2. The van der Waals surface area contributed by atoms with Crippen molar-refractivity contribution in [2.75, 3.05) is 26.2 Å². The van der Waals surface area contributed by atoms with Crippen molar-refractivity contribution in [1.29, 1.82) is 0 Å². The van der Waals surface area contributed by atoms with Crippen molar-refractivity contribution in [2.45, 2.75) is 71.8 Å². The Labute approximate surface area is 168 Å². The number of likely N-dealkylation sites (tertiary alicyclic amines) is 1. The van der Waals surface area contributed by atoms with Crippen LogP contribution in [-0.4, -0.2) is 44.3 Å². The molecule has 4 rings (SSSR count). The van der Waals surface area contributed by atoms with E-state index >= 15 is 0 Å². The molecule has 4 aliphatic rings. The first kappa shape index (κ1) is 19.9. The fourth-order valence-corrected chi connectivity index (χ4v) is 6.45. The van der Waals surface area contributed by atoms with Crippen molar-refractivity contribution in [1.82, 2.24) is 0 Å². The number of ether oxygens (including phenoxy) is 2. The van der Waals surface area contributed by atoms with Crippen LogP contribution in [0.25, 0.3) is 0 Å². The lowest BCUT2D eigenvalue weighted by Crippen LogP contribution is -3.14. The van der Waals surface area contributed by atoms with Gasteiger partial charge in [0, 0.05) is 5.92 Å². The number of esters is 2. The fourth-order valence-electron chi connectivity index (χ4n) is 6.45. The van der Waals surface area contributed by atoms with Gasteiger partial charge in [-0.1, -0.05) is 18.1 Å². The molecular weight excluding hydrogens is 354 g/mol. The van der Waals surface area contributed by atoms with E-state index in [4.69, 9.17) is 9.47 Å². The lowest BCUT2D eigenvalue weighted by atomic mass is 9.59. The molecule has 3 fully saturated rings. The van der Waals surface area contributed by atoms with Crippen LogP contribution in [0.3, 0.4) is 0 Å². The second-order valence-corrected chi connectivity index (χ2v) is 9.83. The number of quaternary nitrogens is 1. The molecule has 28 heavy (non-hydrogen) atoms. The number of hydrogen-bond acceptors (Lipinski definition) is 4. The van der Waals surface area contributed by atoms with Crippen LogP contribution in [0.5, 0.6) is 0 Å². The van der Waals surface area contributed by atoms with Crippen LogP contribution in [0.4, 0.5) is 0 Å². The van der Waals surface area contributed by atoms with Crippen molar-refractivity contribution in [3.05, 3.63) is 11.1 Å². The monoisotopic (exact) mass is 390 g/mol. The summed E-state index contributed by atoms with van der Waals surface area (Å²) in [6, 6.07) is 0. The van der Waals surface area contributed by atoms with Crippen molar-refractivity contribution in [3.8, 4) is 0 Å². The maximum absolute atomic E-state index is 12.8. The van der Waals surface area contributed by atoms with Crippen LogP contribution in [0.15, 0.2) is 11.1 Å². The molecular formula is C23H36NO4+. The van der Waals surface area contributed by atoms with E-state index in [-0.39, 0.29) is 35.3 Å². The van der Waals surface area contributed by atoms with Gasteiger partial charge in [-0.05, 0) is 64.2 Å². The summed E-state index contributed by atoms with van der Waals surface area (Å²) in [5.41, 5.74) is 3.39. The summed E-state index contributed by atoms with van der Waals surface area (Å²) in [7, 11) is 0. The molecule has 0 spiro atoms. The number of fused-ring (bicyclic) bond motifs is 2. The average Bonchev–Trinajstić information content (AvgIpc) is 2.94.